The van der Waals surface area contributed by atoms with Crippen LogP contribution in [0.15, 0.2) is 17.0 Å². The van der Waals surface area contributed by atoms with E-state index in [1.54, 1.807) is 11.1 Å². The summed E-state index contributed by atoms with van der Waals surface area (Å²) in [4.78, 5) is 1.51. The highest BCUT2D eigenvalue weighted by Gasteiger charge is 2.12. The predicted octanol–water partition coefficient (Wildman–Crippen LogP) is 3.60. The molecule has 0 nitrogen and oxygen atoms in total. The van der Waals surface area contributed by atoms with Gasteiger partial charge in [-0.25, -0.2) is 0 Å². The van der Waals surface area contributed by atoms with E-state index in [0.717, 1.165) is 0 Å². The maximum atomic E-state index is 2.37. The van der Waals surface area contributed by atoms with Crippen LogP contribution in [0.2, 0.25) is 0 Å². The van der Waals surface area contributed by atoms with Crippen molar-refractivity contribution in [2.75, 3.05) is 6.26 Å². The molecule has 1 heteroatoms. The van der Waals surface area contributed by atoms with Crippen LogP contribution in [-0.4, -0.2) is 6.26 Å². The standard InChI is InChI=1S/C12H16S/c1-9-7-10-5-3-4-6-11(10)12(8-9)13-2/h7-8H,3-6H2,1-2H3. The summed E-state index contributed by atoms with van der Waals surface area (Å²) >= 11 is 1.90. The van der Waals surface area contributed by atoms with Gasteiger partial charge >= 0.3 is 0 Å². The van der Waals surface area contributed by atoms with Gasteiger partial charge in [-0.2, -0.15) is 0 Å². The van der Waals surface area contributed by atoms with Crippen LogP contribution in [-0.2, 0) is 12.8 Å². The van der Waals surface area contributed by atoms with Gasteiger partial charge < -0.3 is 0 Å². The Kier molecular flexibility index (Phi) is 2.63. The lowest BCUT2D eigenvalue weighted by atomic mass is 9.90. The average Bonchev–Trinajstić information content (AvgIpc) is 2.16. The Morgan fingerprint density at radius 1 is 1.15 bits per heavy atom. The molecule has 0 radical (unpaired) electrons. The first-order valence-electron chi connectivity index (χ1n) is 4.97. The summed E-state index contributed by atoms with van der Waals surface area (Å²) < 4.78 is 0. The van der Waals surface area contributed by atoms with Gasteiger partial charge in [0.2, 0.25) is 0 Å². The molecule has 0 N–H and O–H groups in total. The summed E-state index contributed by atoms with van der Waals surface area (Å²) in [7, 11) is 0. The van der Waals surface area contributed by atoms with Crippen LogP contribution in [0.1, 0.15) is 29.5 Å². The Bertz CT molecular complexity index is 298. The number of thioether (sulfide) groups is 1. The molecule has 1 aromatic carbocycles. The SMILES string of the molecule is CSc1cc(C)cc2c1CCCC2. The van der Waals surface area contributed by atoms with Gasteiger partial charge in [0.25, 0.3) is 0 Å². The molecule has 1 aliphatic rings. The molecule has 0 atom stereocenters. The maximum Gasteiger partial charge on any atom is 0.0107 e. The second kappa shape index (κ2) is 3.75. The molecular formula is C12H16S. The maximum absolute atomic E-state index is 2.37. The van der Waals surface area contributed by atoms with Crippen molar-refractivity contribution in [3.63, 3.8) is 0 Å². The molecule has 0 saturated heterocycles. The first kappa shape index (κ1) is 9.14. The van der Waals surface area contributed by atoms with Gasteiger partial charge in [0.05, 0.1) is 0 Å². The van der Waals surface area contributed by atoms with E-state index in [1.165, 1.54) is 36.1 Å². The molecule has 70 valence electrons. The zero-order valence-corrected chi connectivity index (χ0v) is 9.21. The molecular weight excluding hydrogens is 176 g/mol. The van der Waals surface area contributed by atoms with E-state index < -0.39 is 0 Å². The largest absolute Gasteiger partial charge is 0.129 e. The quantitative estimate of drug-likeness (QED) is 0.613. The number of hydrogen-bond donors (Lipinski definition) is 0. The van der Waals surface area contributed by atoms with Crippen LogP contribution < -0.4 is 0 Å². The molecule has 13 heavy (non-hydrogen) atoms. The molecule has 0 fully saturated rings. The molecule has 1 aliphatic carbocycles. The fourth-order valence-electron chi connectivity index (χ4n) is 2.16. The van der Waals surface area contributed by atoms with Gasteiger partial charge in [0.15, 0.2) is 0 Å². The lowest BCUT2D eigenvalue weighted by molar-refractivity contribution is 0.675. The third kappa shape index (κ3) is 1.76. The van der Waals surface area contributed by atoms with Crippen LogP contribution in [0.5, 0.6) is 0 Å². The topological polar surface area (TPSA) is 0 Å². The first-order chi connectivity index (χ1) is 6.31. The molecule has 0 spiro atoms. The van der Waals surface area contributed by atoms with Crippen molar-refractivity contribution in [1.29, 1.82) is 0 Å². The van der Waals surface area contributed by atoms with E-state index >= 15 is 0 Å². The van der Waals surface area contributed by atoms with Crippen molar-refractivity contribution >= 4 is 11.8 Å². The van der Waals surface area contributed by atoms with Crippen molar-refractivity contribution in [3.05, 3.63) is 28.8 Å². The van der Waals surface area contributed by atoms with E-state index in [2.05, 4.69) is 25.3 Å². The van der Waals surface area contributed by atoms with E-state index in [9.17, 15) is 0 Å². The highest BCUT2D eigenvalue weighted by Crippen LogP contribution is 2.30. The zero-order valence-electron chi connectivity index (χ0n) is 8.39. The third-order valence-electron chi connectivity index (χ3n) is 2.79. The average molecular weight is 192 g/mol. The Labute approximate surface area is 84.7 Å². The molecule has 2 rings (SSSR count). The summed E-state index contributed by atoms with van der Waals surface area (Å²) in [6.07, 6.45) is 7.54. The molecule has 0 aromatic heterocycles. The van der Waals surface area contributed by atoms with Crippen molar-refractivity contribution in [1.82, 2.24) is 0 Å². The van der Waals surface area contributed by atoms with Gasteiger partial charge in [-0.1, -0.05) is 6.07 Å². The fourth-order valence-corrected chi connectivity index (χ4v) is 2.95. The summed E-state index contributed by atoms with van der Waals surface area (Å²) in [5.74, 6) is 0. The minimum absolute atomic E-state index is 1.30. The lowest BCUT2D eigenvalue weighted by Gasteiger charge is -2.19. The van der Waals surface area contributed by atoms with Gasteiger partial charge in [-0.3, -0.25) is 0 Å². The van der Waals surface area contributed by atoms with Crippen molar-refractivity contribution in [3.8, 4) is 0 Å². The molecule has 0 unspecified atom stereocenters. The van der Waals surface area contributed by atoms with Crippen LogP contribution in [0.4, 0.5) is 0 Å². The Balaban J connectivity index is 2.50. The number of aryl methyl sites for hydroxylation is 2. The molecule has 0 heterocycles. The van der Waals surface area contributed by atoms with Gasteiger partial charge in [0, 0.05) is 4.90 Å². The van der Waals surface area contributed by atoms with E-state index in [-0.39, 0.29) is 0 Å². The van der Waals surface area contributed by atoms with Crippen LogP contribution >= 0.6 is 11.8 Å². The zero-order chi connectivity index (χ0) is 9.26. The molecule has 1 aromatic rings. The highest BCUT2D eigenvalue weighted by atomic mass is 32.2. The molecule has 0 aliphatic heterocycles. The lowest BCUT2D eigenvalue weighted by Crippen LogP contribution is -2.04. The molecule has 0 bridgehead atoms. The van der Waals surface area contributed by atoms with Crippen molar-refractivity contribution in [2.24, 2.45) is 0 Å². The second-order valence-corrected chi connectivity index (χ2v) is 4.66. The number of hydrogen-bond acceptors (Lipinski definition) is 1. The monoisotopic (exact) mass is 192 g/mol. The highest BCUT2D eigenvalue weighted by molar-refractivity contribution is 7.98. The minimum atomic E-state index is 1.30. The van der Waals surface area contributed by atoms with Crippen molar-refractivity contribution < 1.29 is 0 Å². The summed E-state index contributed by atoms with van der Waals surface area (Å²) in [6.45, 7) is 2.20. The fraction of sp³-hybridized carbons (Fsp3) is 0.500. The Hall–Kier alpha value is -0.430. The molecule has 0 amide bonds. The van der Waals surface area contributed by atoms with E-state index in [0.29, 0.717) is 0 Å². The van der Waals surface area contributed by atoms with Crippen LogP contribution in [0.3, 0.4) is 0 Å². The smallest absolute Gasteiger partial charge is 0.0107 e. The number of rotatable bonds is 1. The minimum Gasteiger partial charge on any atom is -0.129 e. The first-order valence-corrected chi connectivity index (χ1v) is 6.20. The molecule has 0 saturated carbocycles. The summed E-state index contributed by atoms with van der Waals surface area (Å²) in [6, 6.07) is 4.70. The van der Waals surface area contributed by atoms with E-state index in [1.807, 2.05) is 11.8 Å². The number of fused-ring (bicyclic) bond motifs is 1. The predicted molar refractivity (Wildman–Crippen MR) is 59.6 cm³/mol. The second-order valence-electron chi connectivity index (χ2n) is 3.81. The summed E-state index contributed by atoms with van der Waals surface area (Å²) in [5, 5.41) is 0. The van der Waals surface area contributed by atoms with Gasteiger partial charge in [0.1, 0.15) is 0 Å². The van der Waals surface area contributed by atoms with E-state index in [4.69, 9.17) is 0 Å². The normalized spacial score (nSPS) is 15.5. The van der Waals surface area contributed by atoms with Crippen LogP contribution in [0.25, 0.3) is 0 Å². The third-order valence-corrected chi connectivity index (χ3v) is 3.59. The van der Waals surface area contributed by atoms with Crippen molar-refractivity contribution in [2.45, 2.75) is 37.5 Å². The summed E-state index contributed by atoms with van der Waals surface area (Å²) in [5.41, 5.74) is 4.66. The Morgan fingerprint density at radius 3 is 2.69 bits per heavy atom. The Morgan fingerprint density at radius 2 is 1.92 bits per heavy atom. The van der Waals surface area contributed by atoms with Gasteiger partial charge in [-0.05, 0) is 61.6 Å². The number of benzene rings is 1. The van der Waals surface area contributed by atoms with Gasteiger partial charge in [-0.15, -0.1) is 11.8 Å². The van der Waals surface area contributed by atoms with Crippen LogP contribution in [0, 0.1) is 6.92 Å².